The monoisotopic (exact) mass is 344 g/mol. The fourth-order valence-corrected chi connectivity index (χ4v) is 3.90. The van der Waals surface area contributed by atoms with E-state index in [0.29, 0.717) is 5.92 Å². The number of aliphatic imine (C=N–C) groups is 1. The Kier molecular flexibility index (Phi) is 5.52. The maximum absolute atomic E-state index is 6.12. The highest BCUT2D eigenvalue weighted by molar-refractivity contribution is 5.80. The first-order valence-electron chi connectivity index (χ1n) is 9.48. The van der Waals surface area contributed by atoms with Crippen molar-refractivity contribution in [3.05, 3.63) is 29.8 Å². The molecular formula is C20H32N4O. The van der Waals surface area contributed by atoms with Gasteiger partial charge >= 0.3 is 0 Å². The van der Waals surface area contributed by atoms with Crippen molar-refractivity contribution in [1.82, 2.24) is 15.5 Å². The first-order chi connectivity index (χ1) is 12.0. The van der Waals surface area contributed by atoms with Crippen LogP contribution >= 0.6 is 0 Å². The second-order valence-corrected chi connectivity index (χ2v) is 7.80. The number of likely N-dealkylation sites (tertiary alicyclic amines) is 1. The van der Waals surface area contributed by atoms with E-state index in [9.17, 15) is 0 Å². The lowest BCUT2D eigenvalue weighted by atomic mass is 9.90. The molecule has 0 radical (unpaired) electrons. The van der Waals surface area contributed by atoms with Crippen molar-refractivity contribution in [2.75, 3.05) is 33.2 Å². The Balaban J connectivity index is 1.62. The van der Waals surface area contributed by atoms with Crippen LogP contribution in [-0.4, -0.2) is 49.7 Å². The fourth-order valence-electron chi connectivity index (χ4n) is 3.90. The molecule has 2 aliphatic heterocycles. The van der Waals surface area contributed by atoms with Crippen LogP contribution in [0.4, 0.5) is 0 Å². The zero-order chi connectivity index (χ0) is 17.9. The van der Waals surface area contributed by atoms with Crippen molar-refractivity contribution < 1.29 is 4.74 Å². The molecule has 0 amide bonds. The highest BCUT2D eigenvalue weighted by Gasteiger charge is 2.34. The lowest BCUT2D eigenvalue weighted by Gasteiger charge is -2.38. The number of hydrogen-bond donors (Lipinski definition) is 2. The molecule has 2 N–H and O–H groups in total. The van der Waals surface area contributed by atoms with Crippen LogP contribution in [0.2, 0.25) is 0 Å². The second-order valence-electron chi connectivity index (χ2n) is 7.80. The second kappa shape index (κ2) is 7.65. The molecule has 138 valence electrons. The third-order valence-electron chi connectivity index (χ3n) is 5.29. The normalized spacial score (nSPS) is 26.0. The van der Waals surface area contributed by atoms with Gasteiger partial charge in [-0.15, -0.1) is 0 Å². The number of ether oxygens (including phenoxy) is 1. The molecular weight excluding hydrogens is 312 g/mol. The summed E-state index contributed by atoms with van der Waals surface area (Å²) in [4.78, 5) is 6.96. The van der Waals surface area contributed by atoms with Crippen molar-refractivity contribution in [2.45, 2.75) is 45.3 Å². The van der Waals surface area contributed by atoms with Crippen molar-refractivity contribution >= 4 is 5.96 Å². The molecule has 0 spiro atoms. The van der Waals surface area contributed by atoms with Gasteiger partial charge in [-0.25, -0.2) is 0 Å². The number of nitrogens with zero attached hydrogens (tertiary/aromatic N) is 2. The SMILES string of the molecule is CCN1CCC(CNC(=NC)NC2CC(C)(C)Oc3ccccc32)C1. The lowest BCUT2D eigenvalue weighted by molar-refractivity contribution is 0.0694. The van der Waals surface area contributed by atoms with Crippen LogP contribution in [0.15, 0.2) is 29.3 Å². The molecule has 0 bridgehead atoms. The summed E-state index contributed by atoms with van der Waals surface area (Å²) in [6, 6.07) is 8.51. The van der Waals surface area contributed by atoms with Gasteiger partial charge in [-0.1, -0.05) is 25.1 Å². The zero-order valence-electron chi connectivity index (χ0n) is 16.0. The van der Waals surface area contributed by atoms with E-state index in [0.717, 1.165) is 31.2 Å². The zero-order valence-corrected chi connectivity index (χ0v) is 16.0. The average molecular weight is 345 g/mol. The summed E-state index contributed by atoms with van der Waals surface area (Å²) in [5.74, 6) is 2.56. The van der Waals surface area contributed by atoms with Gasteiger partial charge in [0.25, 0.3) is 0 Å². The molecule has 2 aliphatic rings. The molecule has 2 unspecified atom stereocenters. The summed E-state index contributed by atoms with van der Waals surface area (Å²) in [5, 5.41) is 7.14. The number of para-hydroxylation sites is 1. The smallest absolute Gasteiger partial charge is 0.191 e. The highest BCUT2D eigenvalue weighted by Crippen LogP contribution is 2.39. The summed E-state index contributed by atoms with van der Waals surface area (Å²) < 4.78 is 6.12. The van der Waals surface area contributed by atoms with Gasteiger partial charge in [0, 0.05) is 32.1 Å². The Labute approximate surface area is 151 Å². The Morgan fingerprint density at radius 1 is 1.36 bits per heavy atom. The first-order valence-corrected chi connectivity index (χ1v) is 9.48. The van der Waals surface area contributed by atoms with Crippen LogP contribution in [0.25, 0.3) is 0 Å². The molecule has 1 aromatic rings. The van der Waals surface area contributed by atoms with Crippen LogP contribution in [0.3, 0.4) is 0 Å². The molecule has 1 aromatic carbocycles. The molecule has 5 heteroatoms. The Bertz CT molecular complexity index is 613. The van der Waals surface area contributed by atoms with Gasteiger partial charge in [0.2, 0.25) is 0 Å². The summed E-state index contributed by atoms with van der Waals surface area (Å²) in [6.07, 6.45) is 2.18. The lowest BCUT2D eigenvalue weighted by Crippen LogP contribution is -2.46. The van der Waals surface area contributed by atoms with Crippen molar-refractivity contribution in [3.63, 3.8) is 0 Å². The number of fused-ring (bicyclic) bond motifs is 1. The minimum absolute atomic E-state index is 0.183. The summed E-state index contributed by atoms with van der Waals surface area (Å²) in [6.45, 7) is 11.1. The standard InChI is InChI=1S/C20H32N4O/c1-5-24-11-10-15(14-24)13-22-19(21-4)23-17-12-20(2,3)25-18-9-7-6-8-16(17)18/h6-9,15,17H,5,10-14H2,1-4H3,(H2,21,22,23). The van der Waals surface area contributed by atoms with Gasteiger partial charge in [-0.05, 0) is 45.3 Å². The predicted octanol–water partition coefficient (Wildman–Crippen LogP) is 2.80. The van der Waals surface area contributed by atoms with Crippen LogP contribution < -0.4 is 15.4 Å². The minimum Gasteiger partial charge on any atom is -0.487 e. The third-order valence-corrected chi connectivity index (χ3v) is 5.29. The summed E-state index contributed by atoms with van der Waals surface area (Å²) in [7, 11) is 1.85. The van der Waals surface area contributed by atoms with Crippen LogP contribution in [-0.2, 0) is 0 Å². The predicted molar refractivity (Wildman–Crippen MR) is 103 cm³/mol. The fraction of sp³-hybridized carbons (Fsp3) is 0.650. The van der Waals surface area contributed by atoms with E-state index >= 15 is 0 Å². The molecule has 0 saturated carbocycles. The molecule has 2 heterocycles. The molecule has 3 rings (SSSR count). The summed E-state index contributed by atoms with van der Waals surface area (Å²) >= 11 is 0. The van der Waals surface area contributed by atoms with E-state index in [1.54, 1.807) is 0 Å². The minimum atomic E-state index is -0.183. The van der Waals surface area contributed by atoms with Crippen molar-refractivity contribution in [3.8, 4) is 5.75 Å². The van der Waals surface area contributed by atoms with Gasteiger partial charge in [-0.2, -0.15) is 0 Å². The van der Waals surface area contributed by atoms with E-state index < -0.39 is 0 Å². The molecule has 2 atom stereocenters. The quantitative estimate of drug-likeness (QED) is 0.651. The number of rotatable bonds is 4. The molecule has 0 aromatic heterocycles. The average Bonchev–Trinajstić information content (AvgIpc) is 3.05. The van der Waals surface area contributed by atoms with E-state index in [4.69, 9.17) is 4.74 Å². The van der Waals surface area contributed by atoms with E-state index in [2.05, 4.69) is 59.5 Å². The summed E-state index contributed by atoms with van der Waals surface area (Å²) in [5.41, 5.74) is 1.03. The van der Waals surface area contributed by atoms with Crippen LogP contribution in [0, 0.1) is 5.92 Å². The number of guanidine groups is 1. The topological polar surface area (TPSA) is 48.9 Å². The Morgan fingerprint density at radius 2 is 2.16 bits per heavy atom. The molecule has 25 heavy (non-hydrogen) atoms. The van der Waals surface area contributed by atoms with E-state index in [1.165, 1.54) is 25.1 Å². The maximum atomic E-state index is 6.12. The number of hydrogen-bond acceptors (Lipinski definition) is 3. The van der Waals surface area contributed by atoms with Gasteiger partial charge in [0.15, 0.2) is 5.96 Å². The molecule has 5 nitrogen and oxygen atoms in total. The Hall–Kier alpha value is -1.75. The highest BCUT2D eigenvalue weighted by atomic mass is 16.5. The maximum Gasteiger partial charge on any atom is 0.191 e. The number of nitrogens with one attached hydrogen (secondary N) is 2. The van der Waals surface area contributed by atoms with Gasteiger partial charge < -0.3 is 20.3 Å². The third kappa shape index (κ3) is 4.46. The largest absolute Gasteiger partial charge is 0.487 e. The number of benzene rings is 1. The van der Waals surface area contributed by atoms with Gasteiger partial charge in [-0.3, -0.25) is 4.99 Å². The molecule has 1 fully saturated rings. The van der Waals surface area contributed by atoms with Crippen molar-refractivity contribution in [2.24, 2.45) is 10.9 Å². The molecule has 1 saturated heterocycles. The Morgan fingerprint density at radius 3 is 2.88 bits per heavy atom. The van der Waals surface area contributed by atoms with Crippen LogP contribution in [0.5, 0.6) is 5.75 Å². The van der Waals surface area contributed by atoms with E-state index in [1.807, 2.05) is 13.1 Å². The van der Waals surface area contributed by atoms with Gasteiger partial charge in [0.05, 0.1) is 6.04 Å². The first kappa shape index (κ1) is 18.1. The molecule has 0 aliphatic carbocycles. The van der Waals surface area contributed by atoms with Crippen LogP contribution in [0.1, 0.15) is 45.2 Å². The van der Waals surface area contributed by atoms with E-state index in [-0.39, 0.29) is 11.6 Å². The van der Waals surface area contributed by atoms with Crippen molar-refractivity contribution in [1.29, 1.82) is 0 Å². The van der Waals surface area contributed by atoms with Gasteiger partial charge in [0.1, 0.15) is 11.4 Å².